The summed E-state index contributed by atoms with van der Waals surface area (Å²) in [5.41, 5.74) is 1.94. The minimum atomic E-state index is -0.502. The number of amides is 2. The number of hydrogen-bond acceptors (Lipinski definition) is 7. The Morgan fingerprint density at radius 3 is 2.29 bits per heavy atom. The van der Waals surface area contributed by atoms with Gasteiger partial charge in [-0.3, -0.25) is 29.4 Å². The summed E-state index contributed by atoms with van der Waals surface area (Å²) in [4.78, 5) is 48.8. The maximum absolute atomic E-state index is 12.7. The number of nitro groups is 1. The number of ketones is 1. The Kier molecular flexibility index (Phi) is 6.84. The fraction of sp³-hybridized carbons (Fsp3) is 0.0800. The molecule has 9 heteroatoms. The van der Waals surface area contributed by atoms with E-state index in [2.05, 4.69) is 0 Å². The summed E-state index contributed by atoms with van der Waals surface area (Å²) in [6.45, 7) is -0.0624. The van der Waals surface area contributed by atoms with Crippen molar-refractivity contribution >= 4 is 40.5 Å². The van der Waals surface area contributed by atoms with Gasteiger partial charge >= 0.3 is 0 Å². The van der Waals surface area contributed by atoms with Crippen LogP contribution in [0.3, 0.4) is 0 Å². The van der Waals surface area contributed by atoms with Crippen LogP contribution in [0, 0.1) is 10.1 Å². The highest BCUT2D eigenvalue weighted by molar-refractivity contribution is 8.18. The van der Waals surface area contributed by atoms with Crippen LogP contribution in [-0.2, 0) is 11.4 Å². The topological polar surface area (TPSA) is 107 Å². The van der Waals surface area contributed by atoms with Gasteiger partial charge in [-0.05, 0) is 53.2 Å². The Bertz CT molecular complexity index is 1270. The van der Waals surface area contributed by atoms with Crippen molar-refractivity contribution < 1.29 is 24.0 Å². The Morgan fingerprint density at radius 2 is 1.65 bits per heavy atom. The van der Waals surface area contributed by atoms with E-state index >= 15 is 0 Å². The molecule has 1 saturated heterocycles. The summed E-state index contributed by atoms with van der Waals surface area (Å²) in [5, 5.41) is 10.2. The number of ether oxygens (including phenoxy) is 1. The van der Waals surface area contributed by atoms with Crippen LogP contribution < -0.4 is 4.74 Å². The van der Waals surface area contributed by atoms with Gasteiger partial charge in [0.05, 0.1) is 16.4 Å². The van der Waals surface area contributed by atoms with Crippen molar-refractivity contribution in [3.05, 3.63) is 111 Å². The lowest BCUT2D eigenvalue weighted by Crippen LogP contribution is -2.33. The number of nitro benzene ring substituents is 1. The number of imide groups is 1. The van der Waals surface area contributed by atoms with Crippen LogP contribution >= 0.6 is 11.8 Å². The lowest BCUT2D eigenvalue weighted by atomic mass is 10.1. The standard InChI is InChI=1S/C25H18N2O6S/c28-22(19-4-2-1-3-5-19)15-26-24(29)23(34-25(26)30)14-17-8-12-21(13-9-17)33-16-18-6-10-20(11-7-18)27(31)32/h1-14H,15-16H2/b23-14+. The molecule has 34 heavy (non-hydrogen) atoms. The zero-order valence-electron chi connectivity index (χ0n) is 17.7. The largest absolute Gasteiger partial charge is 0.489 e. The van der Waals surface area contributed by atoms with Gasteiger partial charge in [0.1, 0.15) is 12.4 Å². The first-order chi connectivity index (χ1) is 16.4. The SMILES string of the molecule is O=C(CN1C(=O)S/C(=C/c2ccc(OCc3ccc([N+](=O)[O-])cc3)cc2)C1=O)c1ccccc1. The molecule has 0 aliphatic carbocycles. The van der Waals surface area contributed by atoms with E-state index in [-0.39, 0.29) is 29.5 Å². The van der Waals surface area contributed by atoms with Crippen molar-refractivity contribution in [1.82, 2.24) is 4.90 Å². The number of nitrogens with zero attached hydrogens (tertiary/aromatic N) is 2. The molecule has 4 rings (SSSR count). The molecular formula is C25H18N2O6S. The molecule has 0 atom stereocenters. The van der Waals surface area contributed by atoms with Crippen LogP contribution in [0.1, 0.15) is 21.5 Å². The van der Waals surface area contributed by atoms with Gasteiger partial charge < -0.3 is 4.74 Å². The van der Waals surface area contributed by atoms with Crippen LogP contribution in [0.4, 0.5) is 10.5 Å². The molecule has 1 fully saturated rings. The van der Waals surface area contributed by atoms with Gasteiger partial charge in [-0.25, -0.2) is 0 Å². The quantitative estimate of drug-likeness (QED) is 0.194. The third kappa shape index (κ3) is 5.38. The van der Waals surface area contributed by atoms with Crippen molar-refractivity contribution in [2.24, 2.45) is 0 Å². The molecule has 0 saturated carbocycles. The lowest BCUT2D eigenvalue weighted by Gasteiger charge is -2.11. The first kappa shape index (κ1) is 22.9. The molecule has 8 nitrogen and oxygen atoms in total. The summed E-state index contributed by atoms with van der Waals surface area (Å²) in [6, 6.07) is 21.5. The van der Waals surface area contributed by atoms with E-state index in [0.29, 0.717) is 16.9 Å². The van der Waals surface area contributed by atoms with Crippen molar-refractivity contribution in [3.8, 4) is 5.75 Å². The highest BCUT2D eigenvalue weighted by Gasteiger charge is 2.36. The first-order valence-corrected chi connectivity index (χ1v) is 11.0. The van der Waals surface area contributed by atoms with E-state index in [1.165, 1.54) is 12.1 Å². The van der Waals surface area contributed by atoms with Crippen LogP contribution in [0.5, 0.6) is 5.75 Å². The maximum atomic E-state index is 12.7. The minimum absolute atomic E-state index is 0.0157. The lowest BCUT2D eigenvalue weighted by molar-refractivity contribution is -0.384. The second-order valence-corrected chi connectivity index (χ2v) is 8.33. The highest BCUT2D eigenvalue weighted by Crippen LogP contribution is 2.32. The Labute approximate surface area is 199 Å². The van der Waals surface area contributed by atoms with Gasteiger partial charge in [-0.1, -0.05) is 42.5 Å². The van der Waals surface area contributed by atoms with Gasteiger partial charge in [0.15, 0.2) is 5.78 Å². The van der Waals surface area contributed by atoms with Crippen molar-refractivity contribution in [1.29, 1.82) is 0 Å². The second kappa shape index (κ2) is 10.1. The molecule has 1 aliphatic rings. The van der Waals surface area contributed by atoms with E-state index < -0.39 is 16.1 Å². The number of hydrogen-bond donors (Lipinski definition) is 0. The fourth-order valence-electron chi connectivity index (χ4n) is 3.19. The average molecular weight is 474 g/mol. The fourth-order valence-corrected chi connectivity index (χ4v) is 4.03. The zero-order valence-corrected chi connectivity index (χ0v) is 18.6. The predicted octanol–water partition coefficient (Wildman–Crippen LogP) is 5.09. The van der Waals surface area contributed by atoms with Crippen LogP contribution in [0.25, 0.3) is 6.08 Å². The number of thioether (sulfide) groups is 1. The number of Topliss-reactive ketones (excluding diaryl/α,β-unsaturated/α-hetero) is 1. The van der Waals surface area contributed by atoms with E-state index in [0.717, 1.165) is 22.2 Å². The minimum Gasteiger partial charge on any atom is -0.489 e. The second-order valence-electron chi connectivity index (χ2n) is 7.34. The molecule has 0 N–H and O–H groups in total. The van der Waals surface area contributed by atoms with Crippen molar-refractivity contribution in [2.75, 3.05) is 6.54 Å². The smallest absolute Gasteiger partial charge is 0.293 e. The molecule has 3 aromatic rings. The van der Waals surface area contributed by atoms with Crippen molar-refractivity contribution in [2.45, 2.75) is 6.61 Å². The summed E-state index contributed by atoms with van der Waals surface area (Å²) in [5.74, 6) is -0.228. The molecule has 0 aromatic heterocycles. The zero-order chi connectivity index (χ0) is 24.1. The molecule has 0 radical (unpaired) electrons. The average Bonchev–Trinajstić information content (AvgIpc) is 3.11. The first-order valence-electron chi connectivity index (χ1n) is 10.2. The molecule has 2 amide bonds. The van der Waals surface area contributed by atoms with Gasteiger partial charge in [0, 0.05) is 17.7 Å². The van der Waals surface area contributed by atoms with E-state index in [4.69, 9.17) is 4.74 Å². The molecule has 0 unspecified atom stereocenters. The summed E-state index contributed by atoms with van der Waals surface area (Å²) in [6.07, 6.45) is 1.60. The Morgan fingerprint density at radius 1 is 0.971 bits per heavy atom. The van der Waals surface area contributed by atoms with E-state index in [1.54, 1.807) is 72.8 Å². The summed E-state index contributed by atoms with van der Waals surface area (Å²) >= 11 is 0.796. The highest BCUT2D eigenvalue weighted by atomic mass is 32.2. The third-order valence-electron chi connectivity index (χ3n) is 5.00. The van der Waals surface area contributed by atoms with Gasteiger partial charge in [0.2, 0.25) is 0 Å². The Hall–Kier alpha value is -4.24. The monoisotopic (exact) mass is 474 g/mol. The molecule has 0 bridgehead atoms. The molecular weight excluding hydrogens is 456 g/mol. The van der Waals surface area contributed by atoms with E-state index in [1.807, 2.05) is 0 Å². The number of carbonyl (C=O) groups excluding carboxylic acids is 3. The molecule has 0 spiro atoms. The van der Waals surface area contributed by atoms with Crippen LogP contribution in [0.2, 0.25) is 0 Å². The number of non-ortho nitro benzene ring substituents is 1. The maximum Gasteiger partial charge on any atom is 0.293 e. The number of rotatable bonds is 8. The molecule has 170 valence electrons. The predicted molar refractivity (Wildman–Crippen MR) is 127 cm³/mol. The van der Waals surface area contributed by atoms with Crippen LogP contribution in [-0.4, -0.2) is 33.3 Å². The van der Waals surface area contributed by atoms with Gasteiger partial charge in [0.25, 0.3) is 16.8 Å². The van der Waals surface area contributed by atoms with Crippen molar-refractivity contribution in [3.63, 3.8) is 0 Å². The van der Waals surface area contributed by atoms with E-state index in [9.17, 15) is 24.5 Å². The summed E-state index contributed by atoms with van der Waals surface area (Å²) < 4.78 is 5.70. The van der Waals surface area contributed by atoms with Gasteiger partial charge in [-0.15, -0.1) is 0 Å². The summed E-state index contributed by atoms with van der Waals surface area (Å²) in [7, 11) is 0. The molecule has 3 aromatic carbocycles. The molecule has 1 aliphatic heterocycles. The normalized spacial score (nSPS) is 14.5. The van der Waals surface area contributed by atoms with Crippen LogP contribution in [0.15, 0.2) is 83.8 Å². The van der Waals surface area contributed by atoms with Gasteiger partial charge in [-0.2, -0.15) is 0 Å². The number of benzene rings is 3. The Balaban J connectivity index is 1.37. The number of carbonyl (C=O) groups is 3. The molecule has 1 heterocycles. The third-order valence-corrected chi connectivity index (χ3v) is 5.91.